The third-order valence-corrected chi connectivity index (χ3v) is 8.57. The molecular formula is C41H54O3. The molecule has 0 amide bonds. The summed E-state index contributed by atoms with van der Waals surface area (Å²) in [7, 11) is 0. The summed E-state index contributed by atoms with van der Waals surface area (Å²) in [6, 6.07) is 0. The Morgan fingerprint density at radius 2 is 0.977 bits per heavy atom. The first-order valence-electron chi connectivity index (χ1n) is 15.7. The molecule has 1 N–H and O–H groups in total. The molecule has 2 atom stereocenters. The van der Waals surface area contributed by atoms with Gasteiger partial charge in [-0.3, -0.25) is 9.59 Å². The van der Waals surface area contributed by atoms with Gasteiger partial charge < -0.3 is 5.11 Å². The van der Waals surface area contributed by atoms with E-state index in [2.05, 4.69) is 97.1 Å². The summed E-state index contributed by atoms with van der Waals surface area (Å²) in [6.45, 7) is 22.6. The van der Waals surface area contributed by atoms with E-state index >= 15 is 0 Å². The molecule has 0 aromatic rings. The Balaban J connectivity index is 1.95. The summed E-state index contributed by atoms with van der Waals surface area (Å²) in [5.41, 5.74) is 7.95. The zero-order valence-corrected chi connectivity index (χ0v) is 28.9. The Hall–Kier alpha value is -3.56. The molecule has 0 radical (unpaired) electrons. The minimum absolute atomic E-state index is 0.00475. The molecule has 0 spiro atoms. The van der Waals surface area contributed by atoms with Gasteiger partial charge in [0.25, 0.3) is 0 Å². The van der Waals surface area contributed by atoms with Crippen molar-refractivity contribution in [2.75, 3.05) is 0 Å². The highest BCUT2D eigenvalue weighted by Gasteiger charge is 2.37. The van der Waals surface area contributed by atoms with Crippen LogP contribution in [-0.2, 0) is 9.59 Å². The summed E-state index contributed by atoms with van der Waals surface area (Å²) in [4.78, 5) is 24.7. The van der Waals surface area contributed by atoms with Gasteiger partial charge in [0.05, 0.1) is 0 Å². The van der Waals surface area contributed by atoms with Gasteiger partial charge in [0.2, 0.25) is 0 Å². The van der Waals surface area contributed by atoms with Crippen molar-refractivity contribution >= 4 is 11.6 Å². The van der Waals surface area contributed by atoms with Gasteiger partial charge in [-0.15, -0.1) is 0 Å². The molecule has 2 aliphatic rings. The van der Waals surface area contributed by atoms with Gasteiger partial charge in [0.15, 0.2) is 11.6 Å². The van der Waals surface area contributed by atoms with E-state index in [4.69, 9.17) is 0 Å². The molecule has 3 nitrogen and oxygen atoms in total. The molecule has 0 unspecified atom stereocenters. The third-order valence-electron chi connectivity index (χ3n) is 8.57. The lowest BCUT2D eigenvalue weighted by molar-refractivity contribution is -0.125. The maximum Gasteiger partial charge on any atom is 0.187 e. The second-order valence-corrected chi connectivity index (χ2v) is 13.8. The number of carbonyl (C=O) groups is 2. The lowest BCUT2D eigenvalue weighted by Gasteiger charge is -2.35. The number of rotatable bonds is 10. The minimum Gasteiger partial charge on any atom is -0.385 e. The van der Waals surface area contributed by atoms with Crippen LogP contribution in [0.25, 0.3) is 0 Å². The van der Waals surface area contributed by atoms with Gasteiger partial charge in [-0.25, -0.2) is 0 Å². The van der Waals surface area contributed by atoms with Crippen LogP contribution in [0.4, 0.5) is 0 Å². The van der Waals surface area contributed by atoms with E-state index in [1.807, 2.05) is 57.2 Å². The van der Waals surface area contributed by atoms with E-state index in [0.717, 1.165) is 45.4 Å². The molecule has 2 rings (SSSR count). The van der Waals surface area contributed by atoms with Crippen molar-refractivity contribution in [3.63, 3.8) is 0 Å². The maximum absolute atomic E-state index is 12.5. The third kappa shape index (κ3) is 10.6. The number of hydrogen-bond acceptors (Lipinski definition) is 3. The van der Waals surface area contributed by atoms with Crippen LogP contribution in [0.1, 0.15) is 89.0 Å². The number of aliphatic hydroxyl groups excluding tert-OH is 1. The van der Waals surface area contributed by atoms with E-state index < -0.39 is 6.10 Å². The fourth-order valence-electron chi connectivity index (χ4n) is 6.03. The minimum atomic E-state index is -0.901. The lowest BCUT2D eigenvalue weighted by atomic mass is 9.68. The van der Waals surface area contributed by atoms with Crippen LogP contribution in [0.5, 0.6) is 0 Å². The Kier molecular flexibility index (Phi) is 13.3. The fraction of sp³-hybridized carbons (Fsp3) is 0.415. The van der Waals surface area contributed by atoms with E-state index in [9.17, 15) is 14.7 Å². The van der Waals surface area contributed by atoms with Crippen LogP contribution in [-0.4, -0.2) is 22.8 Å². The Morgan fingerprint density at radius 3 is 1.43 bits per heavy atom. The summed E-state index contributed by atoms with van der Waals surface area (Å²) < 4.78 is 0. The SMILES string of the molecule is CC1=C(/C=C/C(C)=C/C=C/C(C)=C/C=C/C=C(C)/C=C/C=C(C)/C=C/C2=C(C)C(=O)[C@@H](O)CC2(C)C)C(C)(C)C[C@@H](C)C1=O. The molecule has 0 aromatic heterocycles. The van der Waals surface area contributed by atoms with E-state index in [1.165, 1.54) is 0 Å². The number of allylic oxidation sites excluding steroid dienone is 21. The van der Waals surface area contributed by atoms with Crippen LogP contribution in [0.3, 0.4) is 0 Å². The molecule has 44 heavy (non-hydrogen) atoms. The molecule has 0 heterocycles. The number of carbonyl (C=O) groups excluding carboxylic acids is 2. The van der Waals surface area contributed by atoms with Crippen molar-refractivity contribution in [2.45, 2.75) is 95.1 Å². The van der Waals surface area contributed by atoms with Crippen molar-refractivity contribution < 1.29 is 14.7 Å². The second kappa shape index (κ2) is 16.0. The van der Waals surface area contributed by atoms with Gasteiger partial charge in [-0.1, -0.05) is 142 Å². The molecule has 0 aliphatic heterocycles. The van der Waals surface area contributed by atoms with Gasteiger partial charge in [-0.2, -0.15) is 0 Å². The standard InChI is InChI=1S/C41H54O3/c1-28(18-14-20-30(3)22-24-35-33(6)38(43)32(5)26-40(35,8)9)16-12-13-17-29(2)19-15-21-31(4)23-25-36-34(7)39(44)37(42)27-41(36,10)11/h12-25,32,37,42H,26-27H2,1-11H3/b13-12+,18-14+,19-15+,24-22+,25-23+,28-16+,29-17+,30-20+,31-21+/t32-,37+/m1/s1. The van der Waals surface area contributed by atoms with Crippen molar-refractivity contribution in [3.05, 3.63) is 130 Å². The summed E-state index contributed by atoms with van der Waals surface area (Å²) >= 11 is 0. The van der Waals surface area contributed by atoms with E-state index in [1.54, 1.807) is 6.92 Å². The first-order valence-corrected chi connectivity index (χ1v) is 15.7. The quantitative estimate of drug-likeness (QED) is 0.256. The molecule has 2 aliphatic carbocycles. The largest absolute Gasteiger partial charge is 0.385 e. The topological polar surface area (TPSA) is 54.4 Å². The first kappa shape index (κ1) is 36.6. The van der Waals surface area contributed by atoms with Gasteiger partial charge in [0.1, 0.15) is 6.10 Å². The molecule has 0 fully saturated rings. The van der Waals surface area contributed by atoms with Crippen LogP contribution >= 0.6 is 0 Å². The molecule has 0 aromatic carbocycles. The first-order chi connectivity index (χ1) is 20.5. The van der Waals surface area contributed by atoms with E-state index in [0.29, 0.717) is 12.0 Å². The fourth-order valence-corrected chi connectivity index (χ4v) is 6.03. The predicted octanol–water partition coefficient (Wildman–Crippen LogP) is 10.2. The van der Waals surface area contributed by atoms with Crippen LogP contribution < -0.4 is 0 Å². The zero-order chi connectivity index (χ0) is 33.2. The average Bonchev–Trinajstić information content (AvgIpc) is 2.92. The highest BCUT2D eigenvalue weighted by atomic mass is 16.3. The number of aliphatic hydroxyl groups is 1. The van der Waals surface area contributed by atoms with Crippen molar-refractivity contribution in [1.29, 1.82) is 0 Å². The monoisotopic (exact) mass is 594 g/mol. The highest BCUT2D eigenvalue weighted by Crippen LogP contribution is 2.42. The number of ketones is 2. The average molecular weight is 595 g/mol. The predicted molar refractivity (Wildman–Crippen MR) is 188 cm³/mol. The Morgan fingerprint density at radius 1 is 0.614 bits per heavy atom. The normalized spacial score (nSPS) is 24.5. The van der Waals surface area contributed by atoms with Crippen LogP contribution in [0.15, 0.2) is 130 Å². The van der Waals surface area contributed by atoms with Gasteiger partial charge in [-0.05, 0) is 87.5 Å². The Labute approximate surface area is 267 Å². The second-order valence-electron chi connectivity index (χ2n) is 13.8. The van der Waals surface area contributed by atoms with E-state index in [-0.39, 0.29) is 28.3 Å². The summed E-state index contributed by atoms with van der Waals surface area (Å²) in [5.74, 6) is 0.194. The molecular weight excluding hydrogens is 540 g/mol. The van der Waals surface area contributed by atoms with Crippen LogP contribution in [0.2, 0.25) is 0 Å². The summed E-state index contributed by atoms with van der Waals surface area (Å²) in [5, 5.41) is 10.0. The summed E-state index contributed by atoms with van der Waals surface area (Å²) in [6.07, 6.45) is 29.3. The zero-order valence-electron chi connectivity index (χ0n) is 28.9. The van der Waals surface area contributed by atoms with Crippen molar-refractivity contribution in [3.8, 4) is 0 Å². The molecule has 0 bridgehead atoms. The number of Topliss-reactive ketones (excluding diaryl/α,β-unsaturated/α-hetero) is 2. The number of hydrogen-bond donors (Lipinski definition) is 1. The van der Waals surface area contributed by atoms with Crippen molar-refractivity contribution in [2.24, 2.45) is 16.7 Å². The maximum atomic E-state index is 12.5. The lowest BCUT2D eigenvalue weighted by Crippen LogP contribution is -2.35. The van der Waals surface area contributed by atoms with Crippen LogP contribution in [0, 0.1) is 16.7 Å². The smallest absolute Gasteiger partial charge is 0.187 e. The van der Waals surface area contributed by atoms with Gasteiger partial charge >= 0.3 is 0 Å². The Bertz CT molecular complexity index is 1340. The molecule has 236 valence electrons. The van der Waals surface area contributed by atoms with Gasteiger partial charge in [0, 0.05) is 5.92 Å². The molecule has 0 saturated heterocycles. The highest BCUT2D eigenvalue weighted by molar-refractivity contribution is 6.00. The van der Waals surface area contributed by atoms with Crippen molar-refractivity contribution in [1.82, 2.24) is 0 Å². The molecule has 0 saturated carbocycles. The molecule has 3 heteroatoms.